The van der Waals surface area contributed by atoms with Crippen molar-refractivity contribution in [3.05, 3.63) is 33.8 Å². The quantitative estimate of drug-likeness (QED) is 0.624. The van der Waals surface area contributed by atoms with Crippen molar-refractivity contribution in [2.24, 2.45) is 5.92 Å². The van der Waals surface area contributed by atoms with Crippen molar-refractivity contribution < 1.29 is 19.4 Å². The largest absolute Gasteiger partial charge is 0.481 e. The number of carbonyl (C=O) groups excluding carboxylic acids is 1. The summed E-state index contributed by atoms with van der Waals surface area (Å²) in [5.74, 6) is -1.03. The molecule has 0 heterocycles. The van der Waals surface area contributed by atoms with Gasteiger partial charge in [0.05, 0.1) is 19.1 Å². The highest BCUT2D eigenvalue weighted by molar-refractivity contribution is 6.35. The summed E-state index contributed by atoms with van der Waals surface area (Å²) in [6.45, 7) is 1.08. The summed E-state index contributed by atoms with van der Waals surface area (Å²) in [5.41, 5.74) is 0.839. The summed E-state index contributed by atoms with van der Waals surface area (Å²) < 4.78 is 5.49. The Morgan fingerprint density at radius 3 is 2.56 bits per heavy atom. The van der Waals surface area contributed by atoms with Crippen molar-refractivity contribution in [2.45, 2.75) is 38.3 Å². The summed E-state index contributed by atoms with van der Waals surface area (Å²) in [7, 11) is 0. The molecule has 6 nitrogen and oxygen atoms in total. The predicted octanol–water partition coefficient (Wildman–Crippen LogP) is 3.45. The first kappa shape index (κ1) is 19.8. The molecule has 0 atom stereocenters. The third kappa shape index (κ3) is 6.72. The van der Waals surface area contributed by atoms with Crippen molar-refractivity contribution in [2.75, 3.05) is 13.2 Å². The maximum absolute atomic E-state index is 11.8. The number of ether oxygens (including phenoxy) is 1. The van der Waals surface area contributed by atoms with Crippen LogP contribution in [0, 0.1) is 5.92 Å². The number of nitrogens with one attached hydrogen (secondary N) is 2. The van der Waals surface area contributed by atoms with Crippen LogP contribution in [0.25, 0.3) is 0 Å². The van der Waals surface area contributed by atoms with Crippen molar-refractivity contribution in [1.82, 2.24) is 10.6 Å². The molecule has 1 aromatic carbocycles. The normalized spacial score (nSPS) is 20.1. The number of rotatable bonds is 7. The topological polar surface area (TPSA) is 87.7 Å². The lowest BCUT2D eigenvalue weighted by atomic mass is 9.86. The molecule has 2 rings (SSSR count). The Kier molecular flexibility index (Phi) is 7.81. The van der Waals surface area contributed by atoms with Gasteiger partial charge in [0.1, 0.15) is 0 Å². The minimum absolute atomic E-state index is 0.0318. The number of hydrogen-bond acceptors (Lipinski definition) is 3. The highest BCUT2D eigenvalue weighted by atomic mass is 35.5. The molecule has 1 aliphatic carbocycles. The maximum Gasteiger partial charge on any atom is 0.315 e. The lowest BCUT2D eigenvalue weighted by Crippen LogP contribution is -2.44. The van der Waals surface area contributed by atoms with Crippen molar-refractivity contribution in [1.29, 1.82) is 0 Å². The van der Waals surface area contributed by atoms with Crippen LogP contribution in [0.15, 0.2) is 18.2 Å². The standard InChI is InChI=1S/C17H22Cl2N2O4/c18-13-4-1-12(15(19)9-13)10-25-8-7-20-17(24)21-14-5-2-11(3-6-14)16(22)23/h1,4,9,11,14H,2-3,5-8,10H2,(H,22,23)(H2,20,21,24). The van der Waals surface area contributed by atoms with Gasteiger partial charge in [-0.15, -0.1) is 0 Å². The van der Waals surface area contributed by atoms with Crippen molar-refractivity contribution in [3.8, 4) is 0 Å². The second kappa shape index (κ2) is 9.85. The van der Waals surface area contributed by atoms with E-state index >= 15 is 0 Å². The van der Waals surface area contributed by atoms with Gasteiger partial charge >= 0.3 is 12.0 Å². The average Bonchev–Trinajstić information content (AvgIpc) is 2.56. The highest BCUT2D eigenvalue weighted by Gasteiger charge is 2.26. The maximum atomic E-state index is 11.8. The molecule has 25 heavy (non-hydrogen) atoms. The van der Waals surface area contributed by atoms with Gasteiger partial charge in [-0.1, -0.05) is 29.3 Å². The molecule has 3 N–H and O–H groups in total. The first-order chi connectivity index (χ1) is 12.0. The number of hydrogen-bond donors (Lipinski definition) is 3. The van der Waals surface area contributed by atoms with Gasteiger partial charge in [0.25, 0.3) is 0 Å². The molecule has 138 valence electrons. The van der Waals surface area contributed by atoms with E-state index in [4.69, 9.17) is 33.0 Å². The van der Waals surface area contributed by atoms with E-state index in [1.807, 2.05) is 0 Å². The van der Waals surface area contributed by atoms with Gasteiger partial charge in [-0.2, -0.15) is 0 Å². The molecule has 0 aliphatic heterocycles. The molecule has 0 bridgehead atoms. The van der Waals surface area contributed by atoms with Crippen molar-refractivity contribution >= 4 is 35.2 Å². The van der Waals surface area contributed by atoms with Gasteiger partial charge < -0.3 is 20.5 Å². The van der Waals surface area contributed by atoms with E-state index in [2.05, 4.69) is 10.6 Å². The van der Waals surface area contributed by atoms with E-state index in [1.54, 1.807) is 18.2 Å². The summed E-state index contributed by atoms with van der Waals surface area (Å²) in [5, 5.41) is 15.7. The van der Waals surface area contributed by atoms with Gasteiger partial charge in [0, 0.05) is 22.6 Å². The molecule has 1 saturated carbocycles. The molecular weight excluding hydrogens is 367 g/mol. The Hall–Kier alpha value is -1.50. The molecule has 0 saturated heterocycles. The molecule has 0 spiro atoms. The smallest absolute Gasteiger partial charge is 0.315 e. The number of halogens is 2. The average molecular weight is 389 g/mol. The minimum atomic E-state index is -0.749. The van der Waals surface area contributed by atoms with E-state index in [9.17, 15) is 9.59 Å². The first-order valence-corrected chi connectivity index (χ1v) is 9.00. The molecule has 1 aliphatic rings. The molecule has 1 aromatic rings. The fraction of sp³-hybridized carbons (Fsp3) is 0.529. The van der Waals surface area contributed by atoms with E-state index in [0.717, 1.165) is 5.56 Å². The second-order valence-electron chi connectivity index (χ2n) is 6.08. The van der Waals surface area contributed by atoms with E-state index in [-0.39, 0.29) is 18.0 Å². The first-order valence-electron chi connectivity index (χ1n) is 8.24. The molecular formula is C17H22Cl2N2O4. The summed E-state index contributed by atoms with van der Waals surface area (Å²) in [6.07, 6.45) is 2.59. The number of carboxylic acids is 1. The van der Waals surface area contributed by atoms with Gasteiger partial charge in [-0.3, -0.25) is 4.79 Å². The van der Waals surface area contributed by atoms with Gasteiger partial charge in [-0.05, 0) is 43.4 Å². The number of benzene rings is 1. The van der Waals surface area contributed by atoms with Crippen LogP contribution >= 0.6 is 23.2 Å². The van der Waals surface area contributed by atoms with Gasteiger partial charge in [0.2, 0.25) is 0 Å². The Labute approximate surface area is 156 Å². The van der Waals surface area contributed by atoms with Gasteiger partial charge in [-0.25, -0.2) is 4.79 Å². The Balaban J connectivity index is 1.57. The Bertz CT molecular complexity index is 604. The summed E-state index contributed by atoms with van der Waals surface area (Å²) >= 11 is 11.9. The van der Waals surface area contributed by atoms with Crippen molar-refractivity contribution in [3.63, 3.8) is 0 Å². The zero-order valence-electron chi connectivity index (χ0n) is 13.8. The third-order valence-electron chi connectivity index (χ3n) is 4.22. The molecule has 1 fully saturated rings. The van der Waals surface area contributed by atoms with Crippen LogP contribution in [0.5, 0.6) is 0 Å². The van der Waals surface area contributed by atoms with Crippen LogP contribution in [0.3, 0.4) is 0 Å². The lowest BCUT2D eigenvalue weighted by Gasteiger charge is -2.26. The van der Waals surface area contributed by atoms with Crippen LogP contribution in [0.4, 0.5) is 4.79 Å². The van der Waals surface area contributed by atoms with E-state index < -0.39 is 5.97 Å². The highest BCUT2D eigenvalue weighted by Crippen LogP contribution is 2.24. The monoisotopic (exact) mass is 388 g/mol. The predicted molar refractivity (Wildman–Crippen MR) is 96.0 cm³/mol. The molecule has 0 unspecified atom stereocenters. The number of carbonyl (C=O) groups is 2. The molecule has 0 aromatic heterocycles. The zero-order chi connectivity index (χ0) is 18.2. The van der Waals surface area contributed by atoms with Crippen LogP contribution in [-0.2, 0) is 16.1 Å². The lowest BCUT2D eigenvalue weighted by molar-refractivity contribution is -0.142. The molecule has 0 radical (unpaired) electrons. The minimum Gasteiger partial charge on any atom is -0.481 e. The number of amides is 2. The Morgan fingerprint density at radius 1 is 1.20 bits per heavy atom. The van der Waals surface area contributed by atoms with Crippen LogP contribution < -0.4 is 10.6 Å². The van der Waals surface area contributed by atoms with E-state index in [1.165, 1.54) is 0 Å². The second-order valence-corrected chi connectivity index (χ2v) is 6.92. The fourth-order valence-electron chi connectivity index (χ4n) is 2.78. The third-order valence-corrected chi connectivity index (χ3v) is 4.80. The SMILES string of the molecule is O=C(NCCOCc1ccc(Cl)cc1Cl)NC1CCC(C(=O)O)CC1. The Morgan fingerprint density at radius 2 is 1.92 bits per heavy atom. The van der Waals surface area contributed by atoms with Crippen LogP contribution in [-0.4, -0.2) is 36.3 Å². The van der Waals surface area contributed by atoms with E-state index in [0.29, 0.717) is 55.5 Å². The summed E-state index contributed by atoms with van der Waals surface area (Å²) in [4.78, 5) is 22.7. The number of carboxylic acid groups (broad SMARTS) is 1. The number of aliphatic carboxylic acids is 1. The van der Waals surface area contributed by atoms with Crippen LogP contribution in [0.2, 0.25) is 10.0 Å². The van der Waals surface area contributed by atoms with Gasteiger partial charge in [0.15, 0.2) is 0 Å². The fourth-order valence-corrected chi connectivity index (χ4v) is 3.24. The summed E-state index contributed by atoms with van der Waals surface area (Å²) in [6, 6.07) is 4.98. The molecule has 8 heteroatoms. The number of urea groups is 1. The van der Waals surface area contributed by atoms with Crippen LogP contribution in [0.1, 0.15) is 31.2 Å². The zero-order valence-corrected chi connectivity index (χ0v) is 15.3. The molecule has 2 amide bonds.